The summed E-state index contributed by atoms with van der Waals surface area (Å²) in [7, 11) is 0. The first-order valence-corrected chi connectivity index (χ1v) is 7.53. The Morgan fingerprint density at radius 2 is 1.95 bits per heavy atom. The van der Waals surface area contributed by atoms with Crippen LogP contribution in [0, 0.1) is 6.92 Å². The van der Waals surface area contributed by atoms with Gasteiger partial charge in [0, 0.05) is 6.04 Å². The predicted octanol–water partition coefficient (Wildman–Crippen LogP) is 3.66. The number of benzene rings is 2. The number of nitrogens with two attached hydrogens (primary N) is 1. The number of hydrogen-bond acceptors (Lipinski definition) is 2. The topological polar surface area (TPSA) is 43.8 Å². The zero-order chi connectivity index (χ0) is 14.4. The molecule has 3 nitrogen and oxygen atoms in total. The van der Waals surface area contributed by atoms with Crippen LogP contribution < -0.4 is 5.73 Å². The minimum Gasteiger partial charge on any atom is -0.369 e. The molecule has 1 aliphatic carbocycles. The lowest BCUT2D eigenvalue weighted by Gasteiger charge is -2.27. The standard InChI is InChI=1S/C18H19N3/c1-12-6-9-17-16(10-12)20-18(19)21(17)15-8-7-13-4-2-3-5-14(13)11-15/h2-6,9-10,15H,7-8,11H2,1H3,(H2,19,20). The highest BCUT2D eigenvalue weighted by Gasteiger charge is 2.23. The molecule has 2 N–H and O–H groups in total. The van der Waals surface area contributed by atoms with E-state index >= 15 is 0 Å². The molecule has 3 heteroatoms. The van der Waals surface area contributed by atoms with Crippen molar-refractivity contribution in [2.24, 2.45) is 0 Å². The Kier molecular flexibility index (Phi) is 2.74. The summed E-state index contributed by atoms with van der Waals surface area (Å²) >= 11 is 0. The van der Waals surface area contributed by atoms with E-state index in [1.165, 1.54) is 16.7 Å². The third-order valence-electron chi connectivity index (χ3n) is 4.56. The minimum absolute atomic E-state index is 0.410. The molecule has 0 spiro atoms. The molecule has 21 heavy (non-hydrogen) atoms. The van der Waals surface area contributed by atoms with E-state index in [0.29, 0.717) is 12.0 Å². The Labute approximate surface area is 124 Å². The third kappa shape index (κ3) is 2.00. The summed E-state index contributed by atoms with van der Waals surface area (Å²) in [4.78, 5) is 4.55. The van der Waals surface area contributed by atoms with Crippen LogP contribution in [0.5, 0.6) is 0 Å². The van der Waals surface area contributed by atoms with Crippen molar-refractivity contribution in [2.45, 2.75) is 32.2 Å². The fraction of sp³-hybridized carbons (Fsp3) is 0.278. The summed E-state index contributed by atoms with van der Waals surface area (Å²) in [5.41, 5.74) is 12.5. The maximum Gasteiger partial charge on any atom is 0.201 e. The van der Waals surface area contributed by atoms with Gasteiger partial charge in [-0.05, 0) is 55.0 Å². The summed E-state index contributed by atoms with van der Waals surface area (Å²) in [6, 6.07) is 15.5. The van der Waals surface area contributed by atoms with Gasteiger partial charge in [0.1, 0.15) is 0 Å². The molecule has 0 aliphatic heterocycles. The number of anilines is 1. The Bertz CT molecular complexity index is 816. The van der Waals surface area contributed by atoms with Crippen LogP contribution >= 0.6 is 0 Å². The Balaban J connectivity index is 1.79. The zero-order valence-electron chi connectivity index (χ0n) is 12.2. The molecular weight excluding hydrogens is 258 g/mol. The molecule has 3 aromatic rings. The Morgan fingerprint density at radius 3 is 2.81 bits per heavy atom. The second kappa shape index (κ2) is 4.62. The molecule has 0 bridgehead atoms. The average Bonchev–Trinajstić information content (AvgIpc) is 2.81. The fourth-order valence-corrected chi connectivity index (χ4v) is 3.51. The molecule has 2 aromatic carbocycles. The molecule has 1 unspecified atom stereocenters. The van der Waals surface area contributed by atoms with Crippen molar-refractivity contribution in [1.29, 1.82) is 0 Å². The quantitative estimate of drug-likeness (QED) is 0.737. The number of aromatic nitrogens is 2. The summed E-state index contributed by atoms with van der Waals surface area (Å²) in [5.74, 6) is 0.639. The second-order valence-electron chi connectivity index (χ2n) is 6.00. The van der Waals surface area contributed by atoms with E-state index in [9.17, 15) is 0 Å². The van der Waals surface area contributed by atoms with Crippen molar-refractivity contribution in [3.8, 4) is 0 Å². The number of nitrogens with zero attached hydrogens (tertiary/aromatic N) is 2. The normalized spacial score (nSPS) is 17.9. The van der Waals surface area contributed by atoms with Gasteiger partial charge in [-0.2, -0.15) is 0 Å². The van der Waals surface area contributed by atoms with Gasteiger partial charge < -0.3 is 10.3 Å². The van der Waals surface area contributed by atoms with Crippen molar-refractivity contribution in [1.82, 2.24) is 9.55 Å². The first-order valence-electron chi connectivity index (χ1n) is 7.53. The van der Waals surface area contributed by atoms with Crippen molar-refractivity contribution < 1.29 is 0 Å². The van der Waals surface area contributed by atoms with Gasteiger partial charge >= 0.3 is 0 Å². The highest BCUT2D eigenvalue weighted by molar-refractivity contribution is 5.79. The molecule has 0 radical (unpaired) electrons. The maximum atomic E-state index is 6.21. The van der Waals surface area contributed by atoms with Crippen LogP contribution in [-0.4, -0.2) is 9.55 Å². The molecule has 1 heterocycles. The number of aryl methyl sites for hydroxylation is 2. The van der Waals surface area contributed by atoms with Crippen molar-refractivity contribution in [2.75, 3.05) is 5.73 Å². The van der Waals surface area contributed by atoms with Gasteiger partial charge in [0.2, 0.25) is 5.95 Å². The van der Waals surface area contributed by atoms with Crippen LogP contribution in [0.15, 0.2) is 42.5 Å². The smallest absolute Gasteiger partial charge is 0.201 e. The van der Waals surface area contributed by atoms with E-state index in [-0.39, 0.29) is 0 Å². The maximum absolute atomic E-state index is 6.21. The first-order chi connectivity index (χ1) is 10.2. The Morgan fingerprint density at radius 1 is 1.14 bits per heavy atom. The predicted molar refractivity (Wildman–Crippen MR) is 86.4 cm³/mol. The number of nitrogen functional groups attached to an aromatic ring is 1. The van der Waals surface area contributed by atoms with Gasteiger partial charge in [-0.15, -0.1) is 0 Å². The van der Waals surface area contributed by atoms with E-state index in [0.717, 1.165) is 30.3 Å². The summed E-state index contributed by atoms with van der Waals surface area (Å²) in [6.07, 6.45) is 3.28. The molecule has 1 atom stereocenters. The summed E-state index contributed by atoms with van der Waals surface area (Å²) in [6.45, 7) is 2.09. The van der Waals surface area contributed by atoms with Crippen molar-refractivity contribution in [3.63, 3.8) is 0 Å². The molecule has 1 aliphatic rings. The van der Waals surface area contributed by atoms with Gasteiger partial charge in [-0.3, -0.25) is 0 Å². The van der Waals surface area contributed by atoms with E-state index in [2.05, 4.69) is 58.9 Å². The van der Waals surface area contributed by atoms with Crippen LogP contribution in [0.2, 0.25) is 0 Å². The Hall–Kier alpha value is -2.29. The lowest BCUT2D eigenvalue weighted by Crippen LogP contribution is -2.20. The van der Waals surface area contributed by atoms with Gasteiger partial charge in [-0.25, -0.2) is 4.98 Å². The van der Waals surface area contributed by atoms with Crippen LogP contribution in [0.25, 0.3) is 11.0 Å². The molecule has 0 saturated carbocycles. The average molecular weight is 277 g/mol. The van der Waals surface area contributed by atoms with Gasteiger partial charge in [0.05, 0.1) is 11.0 Å². The molecular formula is C18H19N3. The highest BCUT2D eigenvalue weighted by Crippen LogP contribution is 2.33. The van der Waals surface area contributed by atoms with E-state index in [1.807, 2.05) is 0 Å². The van der Waals surface area contributed by atoms with Crippen LogP contribution in [0.4, 0.5) is 5.95 Å². The molecule has 0 saturated heterocycles. The lowest BCUT2D eigenvalue weighted by molar-refractivity contribution is 0.457. The minimum atomic E-state index is 0.410. The van der Waals surface area contributed by atoms with Crippen molar-refractivity contribution in [3.05, 3.63) is 59.2 Å². The van der Waals surface area contributed by atoms with Crippen LogP contribution in [0.1, 0.15) is 29.2 Å². The van der Waals surface area contributed by atoms with E-state index in [4.69, 9.17) is 5.73 Å². The van der Waals surface area contributed by atoms with Crippen molar-refractivity contribution >= 4 is 17.0 Å². The zero-order valence-corrected chi connectivity index (χ0v) is 12.2. The third-order valence-corrected chi connectivity index (χ3v) is 4.56. The highest BCUT2D eigenvalue weighted by atomic mass is 15.2. The van der Waals surface area contributed by atoms with Gasteiger partial charge in [0.25, 0.3) is 0 Å². The second-order valence-corrected chi connectivity index (χ2v) is 6.00. The summed E-state index contributed by atoms with van der Waals surface area (Å²) < 4.78 is 2.23. The fourth-order valence-electron chi connectivity index (χ4n) is 3.51. The number of hydrogen-bond donors (Lipinski definition) is 1. The molecule has 4 rings (SSSR count). The SMILES string of the molecule is Cc1ccc2c(c1)nc(N)n2C1CCc2ccccc2C1. The van der Waals surface area contributed by atoms with Crippen LogP contribution in [-0.2, 0) is 12.8 Å². The molecule has 0 amide bonds. The molecule has 106 valence electrons. The molecule has 0 fully saturated rings. The molecule has 1 aromatic heterocycles. The van der Waals surface area contributed by atoms with Gasteiger partial charge in [0.15, 0.2) is 0 Å². The van der Waals surface area contributed by atoms with Gasteiger partial charge in [-0.1, -0.05) is 30.3 Å². The number of fused-ring (bicyclic) bond motifs is 2. The van der Waals surface area contributed by atoms with E-state index in [1.54, 1.807) is 0 Å². The monoisotopic (exact) mass is 277 g/mol. The summed E-state index contributed by atoms with van der Waals surface area (Å²) in [5, 5.41) is 0. The largest absolute Gasteiger partial charge is 0.369 e. The lowest BCUT2D eigenvalue weighted by atomic mass is 9.88. The first kappa shape index (κ1) is 12.5. The number of rotatable bonds is 1. The number of imidazole rings is 1. The van der Waals surface area contributed by atoms with E-state index < -0.39 is 0 Å². The van der Waals surface area contributed by atoms with Crippen LogP contribution in [0.3, 0.4) is 0 Å².